The van der Waals surface area contributed by atoms with Crippen LogP contribution in [0.5, 0.6) is 0 Å². The van der Waals surface area contributed by atoms with Gasteiger partial charge in [0.25, 0.3) is 11.5 Å². The van der Waals surface area contributed by atoms with Gasteiger partial charge in [0, 0.05) is 16.8 Å². The van der Waals surface area contributed by atoms with E-state index in [1.54, 1.807) is 6.92 Å². The highest BCUT2D eigenvalue weighted by atomic mass is 19.4. The Bertz CT molecular complexity index is 1100. The van der Waals surface area contributed by atoms with Gasteiger partial charge in [0.05, 0.1) is 6.61 Å². The van der Waals surface area contributed by atoms with Crippen molar-refractivity contribution in [2.24, 2.45) is 0 Å². The fourth-order valence-electron chi connectivity index (χ4n) is 3.07. The van der Waals surface area contributed by atoms with Gasteiger partial charge in [-0.05, 0) is 38.1 Å². The number of anilines is 1. The molecule has 0 radical (unpaired) electrons. The minimum Gasteiger partial charge on any atom is -0.463 e. The summed E-state index contributed by atoms with van der Waals surface area (Å²) in [6, 6.07) is 5.75. The Kier molecular flexibility index (Phi) is 8.12. The summed E-state index contributed by atoms with van der Waals surface area (Å²) < 4.78 is 128. The van der Waals surface area contributed by atoms with Crippen molar-refractivity contribution < 1.29 is 58.9 Å². The van der Waals surface area contributed by atoms with Crippen molar-refractivity contribution in [1.29, 1.82) is 0 Å². The number of carbonyl (C=O) groups excluding carboxylic acids is 2. The summed E-state index contributed by atoms with van der Waals surface area (Å²) in [6.07, 6.45) is -18.1. The van der Waals surface area contributed by atoms with Crippen LogP contribution in [-0.4, -0.2) is 47.8 Å². The van der Waals surface area contributed by atoms with Crippen LogP contribution in [-0.2, 0) is 15.1 Å². The summed E-state index contributed by atoms with van der Waals surface area (Å²) in [5, 5.41) is 12.0. The fourth-order valence-corrected chi connectivity index (χ4v) is 3.07. The van der Waals surface area contributed by atoms with Crippen LogP contribution in [0.3, 0.4) is 0 Å². The predicted octanol–water partition coefficient (Wildman–Crippen LogP) is 4.97. The third-order valence-corrected chi connectivity index (χ3v) is 5.08. The third kappa shape index (κ3) is 5.76. The number of carbonyl (C=O) groups is 2. The normalized spacial score (nSPS) is 14.5. The Labute approximate surface area is 203 Å². The number of nitrogens with one attached hydrogen (secondary N) is 2. The van der Waals surface area contributed by atoms with Gasteiger partial charge in [-0.3, -0.25) is 4.79 Å². The summed E-state index contributed by atoms with van der Waals surface area (Å²) in [6.45, 7) is 2.13. The first-order valence-corrected chi connectivity index (χ1v) is 10.2. The lowest BCUT2D eigenvalue weighted by atomic mass is 9.92. The van der Waals surface area contributed by atoms with Crippen molar-refractivity contribution >= 4 is 17.6 Å². The molecular weight excluding hydrogens is 527 g/mol. The van der Waals surface area contributed by atoms with E-state index in [1.807, 2.05) is 0 Å². The number of aliphatic hydroxyl groups is 1. The van der Waals surface area contributed by atoms with Crippen LogP contribution in [0.25, 0.3) is 0 Å². The second kappa shape index (κ2) is 10.1. The first kappa shape index (κ1) is 29.7. The van der Waals surface area contributed by atoms with Crippen LogP contribution >= 0.6 is 0 Å². The molecule has 204 valence electrons. The maximum absolute atomic E-state index is 13.9. The number of amides is 1. The quantitative estimate of drug-likeness (QED) is 0.260. The van der Waals surface area contributed by atoms with Gasteiger partial charge in [0.1, 0.15) is 0 Å². The second-order valence-electron chi connectivity index (χ2n) is 7.70. The van der Waals surface area contributed by atoms with Gasteiger partial charge >= 0.3 is 30.2 Å². The molecule has 6 nitrogen and oxygen atoms in total. The molecule has 15 heteroatoms. The number of esters is 1. The zero-order chi connectivity index (χ0) is 28.4. The maximum atomic E-state index is 13.9. The number of aryl methyl sites for hydroxylation is 1. The zero-order valence-electron chi connectivity index (χ0n) is 18.9. The summed E-state index contributed by atoms with van der Waals surface area (Å²) in [5.74, 6) is -3.92. The van der Waals surface area contributed by atoms with E-state index in [0.29, 0.717) is 17.7 Å². The summed E-state index contributed by atoms with van der Waals surface area (Å²) >= 11 is 0. The van der Waals surface area contributed by atoms with E-state index in [4.69, 9.17) is 0 Å². The van der Waals surface area contributed by atoms with E-state index in [1.165, 1.54) is 12.1 Å². The Morgan fingerprint density at radius 2 is 1.30 bits per heavy atom. The van der Waals surface area contributed by atoms with Gasteiger partial charge in [-0.1, -0.05) is 29.8 Å². The molecule has 0 saturated carbocycles. The van der Waals surface area contributed by atoms with Crippen molar-refractivity contribution in [3.8, 4) is 0 Å². The Morgan fingerprint density at radius 1 is 0.811 bits per heavy atom. The molecule has 0 unspecified atom stereocenters. The second-order valence-corrected chi connectivity index (χ2v) is 7.70. The first-order valence-electron chi connectivity index (χ1n) is 10.2. The monoisotopic (exact) mass is 546 g/mol. The zero-order valence-corrected chi connectivity index (χ0v) is 18.9. The van der Waals surface area contributed by atoms with Crippen LogP contribution in [0.15, 0.2) is 48.5 Å². The molecule has 0 aliphatic heterocycles. The summed E-state index contributed by atoms with van der Waals surface area (Å²) in [7, 11) is 0. The highest BCUT2D eigenvalue weighted by Gasteiger charge is 2.72. The maximum Gasteiger partial charge on any atom is 0.439 e. The number of ether oxygens (including phenoxy) is 1. The van der Waals surface area contributed by atoms with Gasteiger partial charge in [0.2, 0.25) is 0 Å². The van der Waals surface area contributed by atoms with Crippen molar-refractivity contribution in [3.05, 3.63) is 65.2 Å². The van der Waals surface area contributed by atoms with E-state index < -0.39 is 65.1 Å². The van der Waals surface area contributed by atoms with Crippen LogP contribution in [0.1, 0.15) is 28.4 Å². The Morgan fingerprint density at radius 3 is 1.70 bits per heavy atom. The van der Waals surface area contributed by atoms with Crippen molar-refractivity contribution in [3.63, 3.8) is 0 Å². The molecular formula is C22H19F9N2O4. The molecule has 2 rings (SSSR count). The molecule has 1 atom stereocenters. The molecule has 0 saturated heterocycles. The predicted molar refractivity (Wildman–Crippen MR) is 110 cm³/mol. The lowest BCUT2D eigenvalue weighted by Gasteiger charge is -2.39. The summed E-state index contributed by atoms with van der Waals surface area (Å²) in [4.78, 5) is 24.1. The minimum absolute atomic E-state index is 0.284. The van der Waals surface area contributed by atoms with Gasteiger partial charge in [-0.2, -0.15) is 39.5 Å². The molecule has 0 bridgehead atoms. The molecule has 0 aromatic heterocycles. The van der Waals surface area contributed by atoms with E-state index in [-0.39, 0.29) is 12.1 Å². The van der Waals surface area contributed by atoms with Crippen LogP contribution in [0.2, 0.25) is 0 Å². The van der Waals surface area contributed by atoms with Crippen LogP contribution < -0.4 is 10.6 Å². The van der Waals surface area contributed by atoms with Crippen molar-refractivity contribution in [2.45, 2.75) is 43.6 Å². The number of hydrogen-bond donors (Lipinski definition) is 3. The molecule has 0 fully saturated rings. The number of benzene rings is 2. The molecule has 2 aromatic rings. The lowest BCUT2D eigenvalue weighted by molar-refractivity contribution is -0.294. The minimum atomic E-state index is -6.21. The smallest absolute Gasteiger partial charge is 0.439 e. The highest BCUT2D eigenvalue weighted by Crippen LogP contribution is 2.45. The Balaban J connectivity index is 2.54. The number of halogens is 9. The molecule has 0 aliphatic carbocycles. The van der Waals surface area contributed by atoms with Gasteiger partial charge in [-0.15, -0.1) is 0 Å². The van der Waals surface area contributed by atoms with E-state index >= 15 is 0 Å². The number of rotatable bonds is 7. The van der Waals surface area contributed by atoms with Gasteiger partial charge < -0.3 is 20.5 Å². The molecule has 0 aliphatic rings. The standard InChI is InChI=1S/C22H19F9N2O4/c1-3-37-17(35)18(36,20(23,24)25)14-8-10-15(11-9-14)32-19(21(26,27)28,22(29,30)31)33-16(34)13-6-4-12(2)5-7-13/h4-11,32,36H,3H2,1-2H3,(H,33,34)/t18-/m1/s1. The largest absolute Gasteiger partial charge is 0.463 e. The molecule has 37 heavy (non-hydrogen) atoms. The summed E-state index contributed by atoms with van der Waals surface area (Å²) in [5.41, 5.74) is -11.6. The van der Waals surface area contributed by atoms with E-state index in [9.17, 15) is 54.2 Å². The fraction of sp³-hybridized carbons (Fsp3) is 0.364. The molecule has 0 spiro atoms. The molecule has 0 heterocycles. The molecule has 1 amide bonds. The number of hydrogen-bond acceptors (Lipinski definition) is 5. The van der Waals surface area contributed by atoms with E-state index in [0.717, 1.165) is 29.7 Å². The average Bonchev–Trinajstić information content (AvgIpc) is 2.76. The van der Waals surface area contributed by atoms with Crippen molar-refractivity contribution in [1.82, 2.24) is 5.32 Å². The van der Waals surface area contributed by atoms with E-state index in [2.05, 4.69) is 4.74 Å². The topological polar surface area (TPSA) is 87.7 Å². The lowest BCUT2D eigenvalue weighted by Crippen LogP contribution is -2.72. The molecule has 2 aromatic carbocycles. The van der Waals surface area contributed by atoms with Crippen LogP contribution in [0, 0.1) is 6.92 Å². The average molecular weight is 546 g/mol. The third-order valence-electron chi connectivity index (χ3n) is 5.08. The SMILES string of the molecule is CCOC(=O)[C@](O)(c1ccc(NC(NC(=O)c2ccc(C)cc2)(C(F)(F)F)C(F)(F)F)cc1)C(F)(F)F. The van der Waals surface area contributed by atoms with Gasteiger partial charge in [0.15, 0.2) is 0 Å². The molecule has 3 N–H and O–H groups in total. The first-order chi connectivity index (χ1) is 16.8. The van der Waals surface area contributed by atoms with Crippen LogP contribution in [0.4, 0.5) is 45.2 Å². The van der Waals surface area contributed by atoms with Gasteiger partial charge in [-0.25, -0.2) is 4.79 Å². The highest BCUT2D eigenvalue weighted by molar-refractivity contribution is 5.95. The van der Waals surface area contributed by atoms with Crippen molar-refractivity contribution in [2.75, 3.05) is 11.9 Å². The number of alkyl halides is 9. The Hall–Kier alpha value is -3.49.